The predicted octanol–water partition coefficient (Wildman–Crippen LogP) is 1.64. The monoisotopic (exact) mass is 328 g/mol. The fourth-order valence-electron chi connectivity index (χ4n) is 3.54. The van der Waals surface area contributed by atoms with Crippen LogP contribution >= 0.6 is 0 Å². The van der Waals surface area contributed by atoms with E-state index in [2.05, 4.69) is 21.8 Å². The molecule has 3 heterocycles. The lowest BCUT2D eigenvalue weighted by Gasteiger charge is -2.23. The maximum atomic E-state index is 12.9. The third-order valence-electron chi connectivity index (χ3n) is 4.99. The number of amides is 1. The molecule has 6 nitrogen and oxygen atoms in total. The van der Waals surface area contributed by atoms with Crippen molar-refractivity contribution in [1.82, 2.24) is 19.8 Å². The molecule has 0 aromatic carbocycles. The first-order valence-electron chi connectivity index (χ1n) is 8.37. The Balaban J connectivity index is 1.93. The van der Waals surface area contributed by atoms with Crippen LogP contribution in [0.5, 0.6) is 0 Å². The zero-order valence-electron chi connectivity index (χ0n) is 14.7. The minimum atomic E-state index is -0.248. The van der Waals surface area contributed by atoms with Crippen molar-refractivity contribution >= 4 is 16.9 Å². The number of rotatable bonds is 3. The van der Waals surface area contributed by atoms with Crippen LogP contribution in [-0.4, -0.2) is 58.9 Å². The highest BCUT2D eigenvalue weighted by molar-refractivity contribution is 5.96. The number of pyridine rings is 2. The molecule has 2 aromatic heterocycles. The van der Waals surface area contributed by atoms with Crippen LogP contribution in [0.4, 0.5) is 0 Å². The first-order valence-corrected chi connectivity index (χ1v) is 8.37. The molecule has 128 valence electrons. The standard InChI is InChI=1S/C18H24N4O2/c1-5-12-9-22(10-15(12)21(3)4)18(24)14-8-19-17-13(16(14)23)7-6-11(2)20-17/h6-8,12,15H,5,9-10H2,1-4H3,(H,19,20,23). The molecule has 1 amide bonds. The van der Waals surface area contributed by atoms with Gasteiger partial charge in [-0.2, -0.15) is 0 Å². The molecule has 1 aliphatic heterocycles. The average Bonchev–Trinajstić information content (AvgIpc) is 2.99. The first kappa shape index (κ1) is 16.6. The van der Waals surface area contributed by atoms with Crippen molar-refractivity contribution in [3.8, 4) is 0 Å². The van der Waals surface area contributed by atoms with E-state index < -0.39 is 0 Å². The fraction of sp³-hybridized carbons (Fsp3) is 0.500. The molecule has 2 unspecified atom stereocenters. The minimum Gasteiger partial charge on any atom is -0.345 e. The predicted molar refractivity (Wildman–Crippen MR) is 94.3 cm³/mol. The number of aromatic nitrogens is 2. The number of hydrogen-bond acceptors (Lipinski definition) is 4. The van der Waals surface area contributed by atoms with E-state index in [-0.39, 0.29) is 16.9 Å². The molecule has 0 saturated carbocycles. The van der Waals surface area contributed by atoms with Gasteiger partial charge in [-0.25, -0.2) is 4.98 Å². The SMILES string of the molecule is CCC1CN(C(=O)c2c[nH]c3nc(C)ccc3c2=O)CC1N(C)C. The van der Waals surface area contributed by atoms with Gasteiger partial charge in [0.2, 0.25) is 5.43 Å². The van der Waals surface area contributed by atoms with Gasteiger partial charge in [0.15, 0.2) is 0 Å². The molecule has 1 fully saturated rings. The third-order valence-corrected chi connectivity index (χ3v) is 4.99. The molecule has 0 aliphatic carbocycles. The number of aryl methyl sites for hydroxylation is 1. The molecule has 24 heavy (non-hydrogen) atoms. The molecule has 1 N–H and O–H groups in total. The quantitative estimate of drug-likeness (QED) is 0.930. The van der Waals surface area contributed by atoms with Crippen LogP contribution in [0.25, 0.3) is 11.0 Å². The van der Waals surface area contributed by atoms with Gasteiger partial charge in [0, 0.05) is 31.0 Å². The average molecular weight is 328 g/mol. The van der Waals surface area contributed by atoms with Crippen LogP contribution in [-0.2, 0) is 0 Å². The summed E-state index contributed by atoms with van der Waals surface area (Å²) in [4.78, 5) is 36.8. The molecule has 2 aromatic rings. The van der Waals surface area contributed by atoms with Gasteiger partial charge in [-0.3, -0.25) is 9.59 Å². The number of likely N-dealkylation sites (tertiary alicyclic amines) is 1. The zero-order chi connectivity index (χ0) is 17.4. The van der Waals surface area contributed by atoms with Crippen molar-refractivity contribution < 1.29 is 4.79 Å². The van der Waals surface area contributed by atoms with Crippen LogP contribution in [0.15, 0.2) is 23.1 Å². The summed E-state index contributed by atoms with van der Waals surface area (Å²) >= 11 is 0. The van der Waals surface area contributed by atoms with Gasteiger partial charge in [-0.1, -0.05) is 13.3 Å². The molecule has 0 radical (unpaired) electrons. The molecule has 0 spiro atoms. The maximum Gasteiger partial charge on any atom is 0.259 e. The summed E-state index contributed by atoms with van der Waals surface area (Å²) in [6.45, 7) is 5.37. The van der Waals surface area contributed by atoms with Crippen LogP contribution in [0.2, 0.25) is 0 Å². The summed E-state index contributed by atoms with van der Waals surface area (Å²) in [6.07, 6.45) is 2.52. The van der Waals surface area contributed by atoms with Crippen molar-refractivity contribution in [2.24, 2.45) is 5.92 Å². The Kier molecular flexibility index (Phi) is 4.41. The summed E-state index contributed by atoms with van der Waals surface area (Å²) in [7, 11) is 4.08. The van der Waals surface area contributed by atoms with E-state index in [0.29, 0.717) is 36.1 Å². The molecular formula is C18H24N4O2. The fourth-order valence-corrected chi connectivity index (χ4v) is 3.54. The highest BCUT2D eigenvalue weighted by Crippen LogP contribution is 2.24. The normalized spacial score (nSPS) is 21.0. The summed E-state index contributed by atoms with van der Waals surface area (Å²) < 4.78 is 0. The molecule has 0 bridgehead atoms. The second-order valence-electron chi connectivity index (χ2n) is 6.79. The van der Waals surface area contributed by atoms with Crippen molar-refractivity contribution in [3.63, 3.8) is 0 Å². The number of likely N-dealkylation sites (N-methyl/N-ethyl adjacent to an activating group) is 1. The topological polar surface area (TPSA) is 69.3 Å². The van der Waals surface area contributed by atoms with E-state index in [4.69, 9.17) is 0 Å². The number of nitrogens with zero attached hydrogens (tertiary/aromatic N) is 3. The number of aromatic amines is 1. The number of fused-ring (bicyclic) bond motifs is 1. The van der Waals surface area contributed by atoms with Gasteiger partial charge in [0.25, 0.3) is 5.91 Å². The van der Waals surface area contributed by atoms with E-state index in [9.17, 15) is 9.59 Å². The Morgan fingerprint density at radius 1 is 1.38 bits per heavy atom. The molecule has 2 atom stereocenters. The first-order chi connectivity index (χ1) is 11.4. The lowest BCUT2D eigenvalue weighted by atomic mass is 10.0. The Hall–Kier alpha value is -2.21. The Labute approximate surface area is 141 Å². The molecular weight excluding hydrogens is 304 g/mol. The van der Waals surface area contributed by atoms with Crippen LogP contribution in [0.3, 0.4) is 0 Å². The van der Waals surface area contributed by atoms with Gasteiger partial charge in [0.05, 0.1) is 5.39 Å². The van der Waals surface area contributed by atoms with E-state index in [0.717, 1.165) is 12.1 Å². The lowest BCUT2D eigenvalue weighted by Crippen LogP contribution is -2.37. The number of carbonyl (C=O) groups excluding carboxylic acids is 1. The zero-order valence-corrected chi connectivity index (χ0v) is 14.7. The second kappa shape index (κ2) is 6.36. The number of H-pyrrole nitrogens is 1. The minimum absolute atomic E-state index is 0.193. The summed E-state index contributed by atoms with van der Waals surface area (Å²) in [5.41, 5.74) is 1.30. The van der Waals surface area contributed by atoms with Gasteiger partial charge in [0.1, 0.15) is 11.2 Å². The summed E-state index contributed by atoms with van der Waals surface area (Å²) in [6, 6.07) is 3.86. The number of hydrogen-bond donors (Lipinski definition) is 1. The third kappa shape index (κ3) is 2.82. The van der Waals surface area contributed by atoms with Crippen LogP contribution in [0, 0.1) is 12.8 Å². The summed E-state index contributed by atoms with van der Waals surface area (Å²) in [5.74, 6) is 0.245. The van der Waals surface area contributed by atoms with Gasteiger partial charge in [-0.15, -0.1) is 0 Å². The van der Waals surface area contributed by atoms with Crippen LogP contribution < -0.4 is 5.43 Å². The van der Waals surface area contributed by atoms with Gasteiger partial charge >= 0.3 is 0 Å². The Morgan fingerprint density at radius 3 is 2.75 bits per heavy atom. The lowest BCUT2D eigenvalue weighted by molar-refractivity contribution is 0.0779. The number of carbonyl (C=O) groups is 1. The van der Waals surface area contributed by atoms with E-state index in [1.165, 1.54) is 6.20 Å². The highest BCUT2D eigenvalue weighted by Gasteiger charge is 2.36. The van der Waals surface area contributed by atoms with Crippen LogP contribution in [0.1, 0.15) is 29.4 Å². The second-order valence-corrected chi connectivity index (χ2v) is 6.79. The maximum absolute atomic E-state index is 12.9. The Morgan fingerprint density at radius 2 is 2.12 bits per heavy atom. The molecule has 1 saturated heterocycles. The summed E-state index contributed by atoms with van der Waals surface area (Å²) in [5, 5.41) is 0.460. The van der Waals surface area contributed by atoms with Crippen molar-refractivity contribution in [2.45, 2.75) is 26.3 Å². The van der Waals surface area contributed by atoms with Crippen molar-refractivity contribution in [2.75, 3.05) is 27.2 Å². The van der Waals surface area contributed by atoms with Crippen molar-refractivity contribution in [3.05, 3.63) is 39.8 Å². The number of nitrogens with one attached hydrogen (secondary N) is 1. The molecule has 1 aliphatic rings. The van der Waals surface area contributed by atoms with E-state index in [1.807, 2.05) is 21.0 Å². The highest BCUT2D eigenvalue weighted by atomic mass is 16.2. The van der Waals surface area contributed by atoms with E-state index in [1.54, 1.807) is 17.0 Å². The van der Waals surface area contributed by atoms with Gasteiger partial charge in [-0.05, 0) is 39.1 Å². The van der Waals surface area contributed by atoms with Crippen molar-refractivity contribution in [1.29, 1.82) is 0 Å². The Bertz CT molecular complexity index is 827. The molecule has 6 heteroatoms. The van der Waals surface area contributed by atoms with Gasteiger partial charge < -0.3 is 14.8 Å². The van der Waals surface area contributed by atoms with E-state index >= 15 is 0 Å². The smallest absolute Gasteiger partial charge is 0.259 e. The molecule has 3 rings (SSSR count). The largest absolute Gasteiger partial charge is 0.345 e.